The second-order valence-corrected chi connectivity index (χ2v) is 3.20. The number of nitrogens with one attached hydrogen (secondary N) is 1. The molecule has 0 saturated carbocycles. The van der Waals surface area contributed by atoms with Crippen molar-refractivity contribution in [1.82, 2.24) is 9.97 Å². The summed E-state index contributed by atoms with van der Waals surface area (Å²) in [6, 6.07) is 5.87. The van der Waals surface area contributed by atoms with E-state index in [9.17, 15) is 4.39 Å². The number of nitrogens with zero attached hydrogens (tertiary/aromatic N) is 1. The zero-order valence-corrected chi connectivity index (χ0v) is 8.42. The van der Waals surface area contributed by atoms with Crippen LogP contribution in [0, 0.1) is 10.6 Å². The lowest BCUT2D eigenvalue weighted by Gasteiger charge is -2.03. The van der Waals surface area contributed by atoms with Crippen molar-refractivity contribution in [3.8, 4) is 11.5 Å². The molecule has 1 aromatic carbocycles. The van der Waals surface area contributed by atoms with Crippen molar-refractivity contribution >= 4 is 12.2 Å². The highest BCUT2D eigenvalue weighted by Crippen LogP contribution is 2.19. The molecule has 0 aliphatic rings. The molecule has 0 unspecified atom stereocenters. The number of ether oxygens (including phenoxy) is 1. The van der Waals surface area contributed by atoms with Crippen molar-refractivity contribution in [3.05, 3.63) is 47.2 Å². The predicted molar refractivity (Wildman–Crippen MR) is 55.9 cm³/mol. The molecular formula is C10H7FN2OS. The molecule has 0 saturated heterocycles. The van der Waals surface area contributed by atoms with Crippen molar-refractivity contribution in [2.75, 3.05) is 0 Å². The van der Waals surface area contributed by atoms with Crippen LogP contribution in [0.1, 0.15) is 0 Å². The molecule has 0 atom stereocenters. The average molecular weight is 222 g/mol. The molecule has 0 spiro atoms. The van der Waals surface area contributed by atoms with Crippen molar-refractivity contribution in [2.24, 2.45) is 0 Å². The number of hydrogen-bond donors (Lipinski definition) is 1. The molecule has 1 N–H and O–H groups in total. The first-order chi connectivity index (χ1) is 7.24. The Hall–Kier alpha value is -1.75. The summed E-state index contributed by atoms with van der Waals surface area (Å²) in [5, 5.41) is 0. The summed E-state index contributed by atoms with van der Waals surface area (Å²) < 4.78 is 18.5. The molecular weight excluding hydrogens is 215 g/mol. The number of rotatable bonds is 2. The van der Waals surface area contributed by atoms with E-state index >= 15 is 0 Å². The zero-order valence-electron chi connectivity index (χ0n) is 7.61. The molecule has 0 amide bonds. The Morgan fingerprint density at radius 2 is 2.20 bits per heavy atom. The largest absolute Gasteiger partial charge is 0.454 e. The van der Waals surface area contributed by atoms with Crippen LogP contribution in [0.25, 0.3) is 0 Å². The lowest BCUT2D eigenvalue weighted by Crippen LogP contribution is -1.87. The van der Waals surface area contributed by atoms with Gasteiger partial charge in [0.25, 0.3) is 0 Å². The fraction of sp³-hybridized carbons (Fsp3) is 0. The van der Waals surface area contributed by atoms with Crippen LogP contribution in [0.2, 0.25) is 0 Å². The quantitative estimate of drug-likeness (QED) is 0.793. The highest BCUT2D eigenvalue weighted by Gasteiger charge is 1.98. The van der Waals surface area contributed by atoms with E-state index in [1.165, 1.54) is 18.3 Å². The second kappa shape index (κ2) is 4.18. The molecule has 0 bridgehead atoms. The van der Waals surface area contributed by atoms with Crippen LogP contribution in [-0.4, -0.2) is 9.97 Å². The van der Waals surface area contributed by atoms with E-state index in [0.29, 0.717) is 16.3 Å². The van der Waals surface area contributed by atoms with Crippen molar-refractivity contribution in [2.45, 2.75) is 0 Å². The molecule has 1 aromatic heterocycles. The van der Waals surface area contributed by atoms with E-state index in [1.54, 1.807) is 18.3 Å². The average Bonchev–Trinajstić information content (AvgIpc) is 2.22. The van der Waals surface area contributed by atoms with Crippen LogP contribution in [0.4, 0.5) is 4.39 Å². The van der Waals surface area contributed by atoms with Gasteiger partial charge in [0.1, 0.15) is 11.6 Å². The van der Waals surface area contributed by atoms with E-state index in [-0.39, 0.29) is 5.82 Å². The van der Waals surface area contributed by atoms with E-state index < -0.39 is 0 Å². The molecule has 0 radical (unpaired) electrons. The van der Waals surface area contributed by atoms with Gasteiger partial charge in [0.15, 0.2) is 10.5 Å². The minimum Gasteiger partial charge on any atom is -0.454 e. The Balaban J connectivity index is 2.22. The van der Waals surface area contributed by atoms with Crippen molar-refractivity contribution < 1.29 is 9.13 Å². The number of halogens is 1. The van der Waals surface area contributed by atoms with Gasteiger partial charge in [0.05, 0.1) is 6.20 Å². The summed E-state index contributed by atoms with van der Waals surface area (Å²) in [5.74, 6) is 0.556. The van der Waals surface area contributed by atoms with Crippen LogP contribution in [0.5, 0.6) is 11.5 Å². The normalized spacial score (nSPS) is 9.93. The van der Waals surface area contributed by atoms with Gasteiger partial charge in [-0.1, -0.05) is 6.07 Å². The molecule has 76 valence electrons. The monoisotopic (exact) mass is 222 g/mol. The van der Waals surface area contributed by atoms with E-state index in [0.717, 1.165) is 0 Å². The summed E-state index contributed by atoms with van der Waals surface area (Å²) in [5.41, 5.74) is 0. The van der Waals surface area contributed by atoms with Gasteiger partial charge >= 0.3 is 0 Å². The molecule has 0 fully saturated rings. The fourth-order valence-corrected chi connectivity index (χ4v) is 1.16. The molecule has 0 aliphatic carbocycles. The van der Waals surface area contributed by atoms with Gasteiger partial charge in [-0.3, -0.25) is 0 Å². The van der Waals surface area contributed by atoms with Crippen LogP contribution >= 0.6 is 12.2 Å². The lowest BCUT2D eigenvalue weighted by molar-refractivity contribution is 0.471. The highest BCUT2D eigenvalue weighted by atomic mass is 32.1. The third kappa shape index (κ3) is 2.60. The summed E-state index contributed by atoms with van der Waals surface area (Å²) >= 11 is 4.77. The standard InChI is InChI=1S/C10H7FN2OS/c11-7-2-1-3-8(4-7)14-9-5-12-10(15)13-6-9/h1-6H,(H,12,13,15). The summed E-state index contributed by atoms with van der Waals surface area (Å²) in [6.45, 7) is 0. The topological polar surface area (TPSA) is 37.9 Å². The Bertz CT molecular complexity index is 506. The Morgan fingerprint density at radius 3 is 2.87 bits per heavy atom. The smallest absolute Gasteiger partial charge is 0.196 e. The first kappa shape index (κ1) is 9.79. The van der Waals surface area contributed by atoms with E-state index in [1.807, 2.05) is 0 Å². The molecule has 2 aromatic rings. The van der Waals surface area contributed by atoms with Crippen molar-refractivity contribution in [1.29, 1.82) is 0 Å². The van der Waals surface area contributed by atoms with Crippen LogP contribution in [0.3, 0.4) is 0 Å². The predicted octanol–water partition coefficient (Wildman–Crippen LogP) is 3.07. The molecule has 0 aliphatic heterocycles. The summed E-state index contributed by atoms with van der Waals surface area (Å²) in [7, 11) is 0. The van der Waals surface area contributed by atoms with Gasteiger partial charge in [-0.25, -0.2) is 9.37 Å². The summed E-state index contributed by atoms with van der Waals surface area (Å²) in [6.07, 6.45) is 3.05. The minimum atomic E-state index is -0.343. The number of benzene rings is 1. The van der Waals surface area contributed by atoms with Crippen LogP contribution in [0.15, 0.2) is 36.7 Å². The maximum Gasteiger partial charge on any atom is 0.196 e. The first-order valence-corrected chi connectivity index (χ1v) is 4.63. The van der Waals surface area contributed by atoms with Gasteiger partial charge in [-0.05, 0) is 24.4 Å². The maximum atomic E-state index is 12.8. The highest BCUT2D eigenvalue weighted by molar-refractivity contribution is 7.71. The number of aromatic amines is 1. The SMILES string of the molecule is Fc1cccc(Oc2cnc(=S)[nH]c2)c1. The third-order valence-corrected chi connectivity index (χ3v) is 1.90. The van der Waals surface area contributed by atoms with Crippen LogP contribution < -0.4 is 4.74 Å². The fourth-order valence-electron chi connectivity index (χ4n) is 1.05. The second-order valence-electron chi connectivity index (χ2n) is 2.81. The van der Waals surface area contributed by atoms with Gasteiger partial charge in [-0.2, -0.15) is 0 Å². The molecule has 1 heterocycles. The Morgan fingerprint density at radius 1 is 1.33 bits per heavy atom. The number of H-pyrrole nitrogens is 1. The maximum absolute atomic E-state index is 12.8. The molecule has 5 heteroatoms. The van der Waals surface area contributed by atoms with Crippen LogP contribution in [-0.2, 0) is 0 Å². The van der Waals surface area contributed by atoms with Crippen molar-refractivity contribution in [3.63, 3.8) is 0 Å². The molecule has 2 rings (SSSR count). The van der Waals surface area contributed by atoms with Gasteiger partial charge in [0, 0.05) is 12.3 Å². The Kier molecular flexibility index (Phi) is 2.73. The summed E-state index contributed by atoms with van der Waals surface area (Å²) in [4.78, 5) is 6.56. The zero-order chi connectivity index (χ0) is 10.7. The van der Waals surface area contributed by atoms with E-state index in [4.69, 9.17) is 17.0 Å². The molecule has 3 nitrogen and oxygen atoms in total. The van der Waals surface area contributed by atoms with E-state index in [2.05, 4.69) is 9.97 Å². The van der Waals surface area contributed by atoms with Gasteiger partial charge in [0.2, 0.25) is 0 Å². The number of aromatic nitrogens is 2. The van der Waals surface area contributed by atoms with Gasteiger partial charge in [-0.15, -0.1) is 0 Å². The lowest BCUT2D eigenvalue weighted by atomic mass is 10.3. The minimum absolute atomic E-state index is 0.343. The third-order valence-electron chi connectivity index (χ3n) is 1.68. The Labute approximate surface area is 90.6 Å². The van der Waals surface area contributed by atoms with Gasteiger partial charge < -0.3 is 9.72 Å². The first-order valence-electron chi connectivity index (χ1n) is 4.22. The molecule has 15 heavy (non-hydrogen) atoms. The number of hydrogen-bond acceptors (Lipinski definition) is 3.